The van der Waals surface area contributed by atoms with Crippen LogP contribution in [0.5, 0.6) is 5.75 Å². The zero-order chi connectivity index (χ0) is 20.6. The summed E-state index contributed by atoms with van der Waals surface area (Å²) in [7, 11) is -2.10. The molecule has 0 unspecified atom stereocenters. The first-order chi connectivity index (χ1) is 12.4. The lowest BCUT2D eigenvalue weighted by atomic mass is 10.3. The molecule has 0 amide bonds. The zero-order valence-corrected chi connectivity index (χ0v) is 18.3. The molecule has 3 nitrogen and oxygen atoms in total. The first-order valence-corrected chi connectivity index (χ1v) is 11.6. The summed E-state index contributed by atoms with van der Waals surface area (Å²) < 4.78 is 49.8. The van der Waals surface area contributed by atoms with Crippen molar-refractivity contribution >= 4 is 19.8 Å². The number of nitrogens with zero attached hydrogens (tertiary/aromatic N) is 1. The molecule has 0 aromatic carbocycles. The SMILES string of the molecule is CC(C)[Si](C(C)C)(C(C)C)n1ccc(Cl)c1-c1cc(OCC(F)(F)F)co1. The fraction of sp³-hybridized carbons (Fsp3) is 0.579. The minimum atomic E-state index is -4.40. The van der Waals surface area contributed by atoms with E-state index in [0.717, 1.165) is 0 Å². The lowest BCUT2D eigenvalue weighted by Crippen LogP contribution is -2.52. The van der Waals surface area contributed by atoms with Crippen LogP contribution in [0.15, 0.2) is 29.0 Å². The highest BCUT2D eigenvalue weighted by Gasteiger charge is 2.46. The molecule has 0 saturated carbocycles. The van der Waals surface area contributed by atoms with Crippen molar-refractivity contribution in [2.24, 2.45) is 0 Å². The number of ether oxygens (including phenoxy) is 1. The molecule has 0 spiro atoms. The van der Waals surface area contributed by atoms with E-state index in [1.807, 2.05) is 12.3 Å². The van der Waals surface area contributed by atoms with Gasteiger partial charge in [0.2, 0.25) is 0 Å². The smallest absolute Gasteiger partial charge is 0.422 e. The Balaban J connectivity index is 2.52. The second-order valence-corrected chi connectivity index (χ2v) is 13.9. The summed E-state index contributed by atoms with van der Waals surface area (Å²) in [5.74, 6) is 0.457. The number of aromatic nitrogens is 1. The molecule has 0 aliphatic heterocycles. The molecular weight excluding hydrogens is 395 g/mol. The highest BCUT2D eigenvalue weighted by molar-refractivity contribution is 6.82. The summed E-state index contributed by atoms with van der Waals surface area (Å²) in [5.41, 5.74) is 1.99. The average molecular weight is 422 g/mol. The summed E-state index contributed by atoms with van der Waals surface area (Å²) in [4.78, 5) is 0. The zero-order valence-electron chi connectivity index (χ0n) is 16.5. The molecule has 2 rings (SSSR count). The molecule has 8 heteroatoms. The minimum absolute atomic E-state index is 0.0389. The van der Waals surface area contributed by atoms with Crippen LogP contribution in [0.25, 0.3) is 11.5 Å². The van der Waals surface area contributed by atoms with Gasteiger partial charge in [-0.05, 0) is 28.9 Å². The molecule has 0 radical (unpaired) electrons. The van der Waals surface area contributed by atoms with Gasteiger partial charge in [-0.3, -0.25) is 0 Å². The van der Waals surface area contributed by atoms with Crippen LogP contribution in [0.3, 0.4) is 0 Å². The Morgan fingerprint density at radius 1 is 1.11 bits per heavy atom. The van der Waals surface area contributed by atoms with Crippen LogP contribution in [0.2, 0.25) is 21.6 Å². The largest absolute Gasteiger partial charge is 0.481 e. The van der Waals surface area contributed by atoms with Crippen molar-refractivity contribution in [3.05, 3.63) is 29.6 Å². The molecule has 0 aliphatic rings. The lowest BCUT2D eigenvalue weighted by molar-refractivity contribution is -0.153. The number of rotatable bonds is 7. The third kappa shape index (κ3) is 4.24. The maximum absolute atomic E-state index is 12.4. The monoisotopic (exact) mass is 421 g/mol. The molecule has 0 saturated heterocycles. The predicted molar refractivity (Wildman–Crippen MR) is 105 cm³/mol. The molecule has 152 valence electrons. The molecule has 0 fully saturated rings. The molecule has 0 N–H and O–H groups in total. The number of alkyl halides is 3. The standard InChI is InChI=1S/C19H27ClF3NO2Si/c1-12(2)27(13(3)4,14(5)6)24-8-7-16(20)18(24)17-9-15(10-25-17)26-11-19(21,22)23/h7-10,12-14H,11H2,1-6H3. The fourth-order valence-electron chi connectivity index (χ4n) is 4.49. The van der Waals surface area contributed by atoms with Crippen LogP contribution < -0.4 is 4.74 Å². The highest BCUT2D eigenvalue weighted by Crippen LogP contribution is 2.46. The second kappa shape index (κ2) is 7.95. The van der Waals surface area contributed by atoms with E-state index in [0.29, 0.717) is 33.1 Å². The van der Waals surface area contributed by atoms with Crippen molar-refractivity contribution in [3.8, 4) is 17.2 Å². The number of halogens is 4. The van der Waals surface area contributed by atoms with E-state index in [1.54, 1.807) is 0 Å². The van der Waals surface area contributed by atoms with E-state index >= 15 is 0 Å². The Hall–Kier alpha value is -1.34. The number of hydrogen-bond donors (Lipinski definition) is 0. The fourth-order valence-corrected chi connectivity index (χ4v) is 11.4. The van der Waals surface area contributed by atoms with Gasteiger partial charge in [-0.1, -0.05) is 53.1 Å². The highest BCUT2D eigenvalue weighted by atomic mass is 35.5. The van der Waals surface area contributed by atoms with E-state index in [-0.39, 0.29) is 5.75 Å². The van der Waals surface area contributed by atoms with Crippen LogP contribution in [-0.2, 0) is 0 Å². The summed E-state index contributed by atoms with van der Waals surface area (Å²) in [6, 6.07) is 3.30. The summed E-state index contributed by atoms with van der Waals surface area (Å²) >= 11 is 6.48. The predicted octanol–water partition coefficient (Wildman–Crippen LogP) is 7.37. The van der Waals surface area contributed by atoms with Crippen molar-refractivity contribution in [2.75, 3.05) is 6.61 Å². The van der Waals surface area contributed by atoms with Crippen LogP contribution in [0.4, 0.5) is 13.2 Å². The van der Waals surface area contributed by atoms with Crippen molar-refractivity contribution in [2.45, 2.75) is 64.3 Å². The van der Waals surface area contributed by atoms with E-state index in [2.05, 4.69) is 45.8 Å². The summed E-state index contributed by atoms with van der Waals surface area (Å²) in [5, 5.41) is 0.519. The molecule has 27 heavy (non-hydrogen) atoms. The van der Waals surface area contributed by atoms with E-state index < -0.39 is 21.0 Å². The Kier molecular flexibility index (Phi) is 6.47. The van der Waals surface area contributed by atoms with Crippen molar-refractivity contribution in [1.29, 1.82) is 0 Å². The third-order valence-corrected chi connectivity index (χ3v) is 12.3. The van der Waals surface area contributed by atoms with Crippen LogP contribution >= 0.6 is 11.6 Å². The van der Waals surface area contributed by atoms with E-state index in [4.69, 9.17) is 20.8 Å². The average Bonchev–Trinajstić information content (AvgIpc) is 3.11. The van der Waals surface area contributed by atoms with E-state index in [9.17, 15) is 13.2 Å². The number of hydrogen-bond acceptors (Lipinski definition) is 2. The topological polar surface area (TPSA) is 27.3 Å². The lowest BCUT2D eigenvalue weighted by Gasteiger charge is -2.45. The molecule has 2 aromatic heterocycles. The third-order valence-electron chi connectivity index (χ3n) is 5.24. The number of furan rings is 1. The Labute approximate surface area is 164 Å². The maximum Gasteiger partial charge on any atom is 0.422 e. The van der Waals surface area contributed by atoms with Crippen LogP contribution in [0, 0.1) is 0 Å². The molecular formula is C19H27ClF3NO2Si. The first kappa shape index (κ1) is 22.0. The van der Waals surface area contributed by atoms with Crippen molar-refractivity contribution in [1.82, 2.24) is 4.23 Å². The van der Waals surface area contributed by atoms with Crippen molar-refractivity contribution in [3.63, 3.8) is 0 Å². The molecule has 2 heterocycles. The molecule has 0 bridgehead atoms. The van der Waals surface area contributed by atoms with Gasteiger partial charge in [0.1, 0.15) is 6.26 Å². The second-order valence-electron chi connectivity index (χ2n) is 7.78. The normalized spacial score (nSPS) is 13.2. The van der Waals surface area contributed by atoms with Gasteiger partial charge in [0, 0.05) is 6.07 Å². The minimum Gasteiger partial charge on any atom is -0.481 e. The van der Waals surface area contributed by atoms with Gasteiger partial charge in [-0.25, -0.2) is 0 Å². The van der Waals surface area contributed by atoms with Crippen molar-refractivity contribution < 1.29 is 22.3 Å². The molecule has 2 aromatic rings. The van der Waals surface area contributed by atoms with Crippen LogP contribution in [-0.4, -0.2) is 25.3 Å². The maximum atomic E-state index is 12.4. The summed E-state index contributed by atoms with van der Waals surface area (Å²) in [6.07, 6.45) is -1.22. The Morgan fingerprint density at radius 2 is 1.67 bits per heavy atom. The molecule has 0 atom stereocenters. The van der Waals surface area contributed by atoms with Gasteiger partial charge < -0.3 is 13.4 Å². The van der Waals surface area contributed by atoms with Gasteiger partial charge in [-0.2, -0.15) is 13.2 Å². The van der Waals surface area contributed by atoms with Gasteiger partial charge in [0.05, 0.1) is 10.7 Å². The summed E-state index contributed by atoms with van der Waals surface area (Å²) in [6.45, 7) is 12.0. The van der Waals surface area contributed by atoms with Gasteiger partial charge in [0.15, 0.2) is 26.4 Å². The quantitative estimate of drug-likeness (QED) is 0.436. The Bertz CT molecular complexity index is 744. The Morgan fingerprint density at radius 3 is 2.15 bits per heavy atom. The molecule has 0 aliphatic carbocycles. The van der Waals surface area contributed by atoms with Crippen LogP contribution in [0.1, 0.15) is 41.5 Å². The van der Waals surface area contributed by atoms with E-state index in [1.165, 1.54) is 12.3 Å². The van der Waals surface area contributed by atoms with Gasteiger partial charge in [0.25, 0.3) is 0 Å². The van der Waals surface area contributed by atoms with Gasteiger partial charge in [-0.15, -0.1) is 0 Å². The first-order valence-electron chi connectivity index (χ1n) is 9.07. The van der Waals surface area contributed by atoms with Gasteiger partial charge >= 0.3 is 6.18 Å².